The number of β-amino-alcohol motifs (C(OH)–C–C–N with tert-alkyl or cyclic N) is 1. The molecular formula is C24H28N4O2. The second-order valence-electron chi connectivity index (χ2n) is 7.91. The second-order valence-corrected chi connectivity index (χ2v) is 7.91. The number of aliphatic hydroxyl groups is 1. The average molecular weight is 405 g/mol. The molecule has 1 aromatic heterocycles. The fourth-order valence-corrected chi connectivity index (χ4v) is 4.03. The van der Waals surface area contributed by atoms with Crippen LogP contribution in [0.3, 0.4) is 0 Å². The summed E-state index contributed by atoms with van der Waals surface area (Å²) in [5.41, 5.74) is 5.25. The molecule has 0 saturated carbocycles. The highest BCUT2D eigenvalue weighted by Gasteiger charge is 2.20. The van der Waals surface area contributed by atoms with Gasteiger partial charge in [0.25, 0.3) is 5.91 Å². The highest BCUT2D eigenvalue weighted by atomic mass is 16.3. The lowest BCUT2D eigenvalue weighted by Crippen LogP contribution is -2.42. The second kappa shape index (κ2) is 9.24. The molecule has 0 saturated heterocycles. The fraction of sp³-hybridized carbons (Fsp3) is 0.333. The molecule has 2 heterocycles. The molecule has 1 amide bonds. The summed E-state index contributed by atoms with van der Waals surface area (Å²) in [6.45, 7) is 2.52. The van der Waals surface area contributed by atoms with Crippen molar-refractivity contribution in [3.8, 4) is 0 Å². The Labute approximate surface area is 177 Å². The van der Waals surface area contributed by atoms with Gasteiger partial charge in [0.2, 0.25) is 0 Å². The van der Waals surface area contributed by atoms with Crippen LogP contribution in [0.4, 0.5) is 0 Å². The number of fused-ring (bicyclic) bond motifs is 1. The molecule has 156 valence electrons. The third-order valence-corrected chi connectivity index (χ3v) is 5.70. The number of amides is 1. The molecular weight excluding hydrogens is 376 g/mol. The lowest BCUT2D eigenvalue weighted by atomic mass is 10.00. The first kappa shape index (κ1) is 20.3. The number of benzene rings is 2. The van der Waals surface area contributed by atoms with Crippen LogP contribution in [0.5, 0.6) is 0 Å². The fourth-order valence-electron chi connectivity index (χ4n) is 4.03. The Bertz CT molecular complexity index is 999. The van der Waals surface area contributed by atoms with Crippen molar-refractivity contribution in [3.63, 3.8) is 0 Å². The van der Waals surface area contributed by atoms with Crippen LogP contribution in [-0.4, -0.2) is 51.4 Å². The summed E-state index contributed by atoms with van der Waals surface area (Å²) < 4.78 is 1.74. The van der Waals surface area contributed by atoms with Gasteiger partial charge >= 0.3 is 0 Å². The molecule has 0 radical (unpaired) electrons. The highest BCUT2D eigenvalue weighted by molar-refractivity contribution is 5.95. The maximum absolute atomic E-state index is 12.7. The van der Waals surface area contributed by atoms with Crippen molar-refractivity contribution in [3.05, 3.63) is 88.7 Å². The third kappa shape index (κ3) is 4.78. The van der Waals surface area contributed by atoms with E-state index < -0.39 is 6.10 Å². The summed E-state index contributed by atoms with van der Waals surface area (Å²) >= 11 is 0. The Kier molecular flexibility index (Phi) is 6.26. The quantitative estimate of drug-likeness (QED) is 0.633. The number of carbonyl (C=O) groups is 1. The van der Waals surface area contributed by atoms with Crippen LogP contribution in [0.1, 0.15) is 32.7 Å². The van der Waals surface area contributed by atoms with Crippen LogP contribution < -0.4 is 5.32 Å². The zero-order valence-corrected chi connectivity index (χ0v) is 17.3. The number of hydrogen-bond acceptors (Lipinski definition) is 4. The first-order chi connectivity index (χ1) is 14.6. The minimum absolute atomic E-state index is 0.197. The van der Waals surface area contributed by atoms with Gasteiger partial charge in [0.05, 0.1) is 23.6 Å². The monoisotopic (exact) mass is 404 g/mol. The Morgan fingerprint density at radius 3 is 2.67 bits per heavy atom. The van der Waals surface area contributed by atoms with E-state index in [-0.39, 0.29) is 12.5 Å². The third-order valence-electron chi connectivity index (χ3n) is 5.70. The molecule has 6 heteroatoms. The van der Waals surface area contributed by atoms with Crippen molar-refractivity contribution < 1.29 is 9.90 Å². The molecule has 0 bridgehead atoms. The van der Waals surface area contributed by atoms with Gasteiger partial charge in [-0.15, -0.1) is 0 Å². The maximum atomic E-state index is 12.7. The van der Waals surface area contributed by atoms with Crippen LogP contribution in [0.25, 0.3) is 0 Å². The van der Waals surface area contributed by atoms with Crippen LogP contribution in [0, 0.1) is 0 Å². The van der Waals surface area contributed by atoms with E-state index >= 15 is 0 Å². The van der Waals surface area contributed by atoms with E-state index in [0.29, 0.717) is 18.5 Å². The molecule has 2 N–H and O–H groups in total. The van der Waals surface area contributed by atoms with E-state index in [0.717, 1.165) is 30.8 Å². The molecule has 3 aromatic rings. The number of aromatic nitrogens is 2. The molecule has 1 atom stereocenters. The zero-order valence-electron chi connectivity index (χ0n) is 17.3. The van der Waals surface area contributed by atoms with Gasteiger partial charge in [-0.25, -0.2) is 0 Å². The van der Waals surface area contributed by atoms with E-state index in [1.165, 1.54) is 11.1 Å². The van der Waals surface area contributed by atoms with E-state index in [1.54, 1.807) is 10.9 Å². The number of hydrogen-bond donors (Lipinski definition) is 2. The van der Waals surface area contributed by atoms with Gasteiger partial charge in [-0.3, -0.25) is 14.4 Å². The van der Waals surface area contributed by atoms with Crippen LogP contribution in [0.15, 0.2) is 60.8 Å². The summed E-state index contributed by atoms with van der Waals surface area (Å²) in [6.07, 6.45) is 2.61. The molecule has 0 spiro atoms. The predicted molar refractivity (Wildman–Crippen MR) is 116 cm³/mol. The minimum atomic E-state index is -0.617. The lowest BCUT2D eigenvalue weighted by molar-refractivity contribution is 0.0841. The van der Waals surface area contributed by atoms with Gasteiger partial charge in [-0.05, 0) is 23.1 Å². The summed E-state index contributed by atoms with van der Waals surface area (Å²) in [5, 5.41) is 17.6. The van der Waals surface area contributed by atoms with Crippen LogP contribution in [0.2, 0.25) is 0 Å². The van der Waals surface area contributed by atoms with Crippen molar-refractivity contribution in [2.24, 2.45) is 7.05 Å². The Morgan fingerprint density at radius 1 is 1.13 bits per heavy atom. The summed E-state index contributed by atoms with van der Waals surface area (Å²) in [5.74, 6) is -0.197. The summed E-state index contributed by atoms with van der Waals surface area (Å²) in [7, 11) is 1.85. The first-order valence-corrected chi connectivity index (χ1v) is 10.4. The van der Waals surface area contributed by atoms with Crippen molar-refractivity contribution in [2.75, 3.05) is 19.6 Å². The molecule has 4 rings (SSSR count). The Hall–Kier alpha value is -2.96. The average Bonchev–Trinajstić information content (AvgIpc) is 3.13. The topological polar surface area (TPSA) is 70.4 Å². The van der Waals surface area contributed by atoms with Crippen LogP contribution >= 0.6 is 0 Å². The van der Waals surface area contributed by atoms with Gasteiger partial charge in [0.1, 0.15) is 0 Å². The minimum Gasteiger partial charge on any atom is -0.390 e. The van der Waals surface area contributed by atoms with Crippen molar-refractivity contribution >= 4 is 5.91 Å². The molecule has 0 fully saturated rings. The molecule has 6 nitrogen and oxygen atoms in total. The Morgan fingerprint density at radius 2 is 1.87 bits per heavy atom. The van der Waals surface area contributed by atoms with Crippen molar-refractivity contribution in [1.82, 2.24) is 20.0 Å². The zero-order chi connectivity index (χ0) is 20.9. The molecule has 1 aliphatic rings. The lowest BCUT2D eigenvalue weighted by Gasteiger charge is -2.30. The number of nitrogens with zero attached hydrogens (tertiary/aromatic N) is 3. The molecule has 1 unspecified atom stereocenters. The summed E-state index contributed by atoms with van der Waals surface area (Å²) in [6, 6.07) is 18.5. The number of aliphatic hydroxyl groups excluding tert-OH is 1. The molecule has 1 aliphatic heterocycles. The highest BCUT2D eigenvalue weighted by Crippen LogP contribution is 2.18. The Balaban J connectivity index is 1.32. The number of nitrogens with one attached hydrogen (secondary N) is 1. The van der Waals surface area contributed by atoms with E-state index in [4.69, 9.17) is 0 Å². The predicted octanol–water partition coefficient (Wildman–Crippen LogP) is 2.16. The van der Waals surface area contributed by atoms with E-state index in [2.05, 4.69) is 39.6 Å². The summed E-state index contributed by atoms with van der Waals surface area (Å²) in [4.78, 5) is 15.0. The van der Waals surface area contributed by atoms with Gasteiger partial charge in [0, 0.05) is 39.6 Å². The number of rotatable bonds is 7. The van der Waals surface area contributed by atoms with Gasteiger partial charge in [0.15, 0.2) is 0 Å². The smallest absolute Gasteiger partial charge is 0.254 e. The van der Waals surface area contributed by atoms with Crippen molar-refractivity contribution in [1.29, 1.82) is 0 Å². The largest absolute Gasteiger partial charge is 0.390 e. The van der Waals surface area contributed by atoms with Crippen molar-refractivity contribution in [2.45, 2.75) is 25.5 Å². The SMILES string of the molecule is Cn1ncc(C(=O)NCC(O)CN2CCc3ccccc3C2)c1Cc1ccccc1. The first-order valence-electron chi connectivity index (χ1n) is 10.4. The van der Waals surface area contributed by atoms with Gasteiger partial charge < -0.3 is 10.4 Å². The van der Waals surface area contributed by atoms with Gasteiger partial charge in [-0.2, -0.15) is 5.10 Å². The van der Waals surface area contributed by atoms with Crippen LogP contribution in [-0.2, 0) is 26.4 Å². The number of aryl methyl sites for hydroxylation is 1. The maximum Gasteiger partial charge on any atom is 0.254 e. The molecule has 2 aromatic carbocycles. The number of carbonyl (C=O) groups excluding carboxylic acids is 1. The normalized spacial score (nSPS) is 14.9. The van der Waals surface area contributed by atoms with E-state index in [9.17, 15) is 9.90 Å². The van der Waals surface area contributed by atoms with Gasteiger partial charge in [-0.1, -0.05) is 54.6 Å². The standard InChI is InChI=1S/C24H28N4O2/c1-27-23(13-18-7-3-2-4-8-18)22(15-26-27)24(30)25-14-21(29)17-28-12-11-19-9-5-6-10-20(19)16-28/h2-10,15,21,29H,11-14,16-17H2,1H3,(H,25,30). The molecule has 0 aliphatic carbocycles. The van der Waals surface area contributed by atoms with E-state index in [1.807, 2.05) is 37.4 Å². The molecule has 30 heavy (non-hydrogen) atoms.